The first-order valence-electron chi connectivity index (χ1n) is 3.40. The molecule has 0 aromatic rings. The van der Waals surface area contributed by atoms with Gasteiger partial charge in [-0.3, -0.25) is 0 Å². The third kappa shape index (κ3) is 3.17. The minimum Gasteiger partial charge on any atom is -0.159 e. The van der Waals surface area contributed by atoms with Crippen LogP contribution >= 0.6 is 50.5 Å². The highest BCUT2D eigenvalue weighted by Gasteiger charge is 2.37. The fourth-order valence-corrected chi connectivity index (χ4v) is 1.55. The Bertz CT molecular complexity index is 139. The second-order valence-electron chi connectivity index (χ2n) is 2.50. The van der Waals surface area contributed by atoms with E-state index in [-0.39, 0.29) is 0 Å². The van der Waals surface area contributed by atoms with Gasteiger partial charge in [0.15, 0.2) is 0 Å². The first-order chi connectivity index (χ1) is 4.87. The summed E-state index contributed by atoms with van der Waals surface area (Å²) in [6.45, 7) is 5.70. The van der Waals surface area contributed by atoms with Crippen molar-refractivity contribution < 1.29 is 0 Å². The zero-order valence-corrected chi connectivity index (χ0v) is 10.1. The van der Waals surface area contributed by atoms with Gasteiger partial charge in [0.05, 0.1) is 8.16 Å². The third-order valence-electron chi connectivity index (χ3n) is 1.47. The molecule has 0 spiro atoms. The Morgan fingerprint density at radius 3 is 2.00 bits per heavy atom. The Kier molecular flexibility index (Phi) is 4.85. The maximum atomic E-state index is 4.37. The monoisotopic (exact) mass is 226 g/mol. The van der Waals surface area contributed by atoms with E-state index in [0.29, 0.717) is 0 Å². The molecule has 0 N–H and O–H groups in total. The van der Waals surface area contributed by atoms with Gasteiger partial charge in [-0.15, -0.1) is 6.58 Å². The molecule has 0 fully saturated rings. The molecule has 0 aromatic heterocycles. The summed E-state index contributed by atoms with van der Waals surface area (Å²) in [5, 5.41) is 0. The quantitative estimate of drug-likeness (QED) is 0.316. The second kappa shape index (κ2) is 4.40. The highest BCUT2D eigenvalue weighted by atomic mass is 32.2. The topological polar surface area (TPSA) is 0 Å². The number of rotatable bonds is 4. The van der Waals surface area contributed by atoms with Crippen molar-refractivity contribution in [3.63, 3.8) is 0 Å². The SMILES string of the molecule is C=CC(S)(S)C(S)(S)CCC. The summed E-state index contributed by atoms with van der Waals surface area (Å²) in [5.74, 6) is 0. The average molecular weight is 226 g/mol. The van der Waals surface area contributed by atoms with Crippen LogP contribution in [0.15, 0.2) is 12.7 Å². The number of hydrogen-bond acceptors (Lipinski definition) is 4. The van der Waals surface area contributed by atoms with Gasteiger partial charge < -0.3 is 0 Å². The molecule has 0 bridgehead atoms. The van der Waals surface area contributed by atoms with Crippen molar-refractivity contribution in [2.24, 2.45) is 0 Å². The summed E-state index contributed by atoms with van der Waals surface area (Å²) in [6.07, 6.45) is 3.50. The van der Waals surface area contributed by atoms with E-state index in [9.17, 15) is 0 Å². The zero-order chi connectivity index (χ0) is 9.12. The number of hydrogen-bond donors (Lipinski definition) is 4. The molecule has 0 saturated heterocycles. The van der Waals surface area contributed by atoms with Crippen LogP contribution in [-0.4, -0.2) is 8.16 Å². The fraction of sp³-hybridized carbons (Fsp3) is 0.714. The van der Waals surface area contributed by atoms with Crippen molar-refractivity contribution >= 4 is 50.5 Å². The Labute approximate surface area is 90.9 Å². The largest absolute Gasteiger partial charge is 0.159 e. The third-order valence-corrected chi connectivity index (χ3v) is 4.46. The van der Waals surface area contributed by atoms with Crippen molar-refractivity contribution in [1.29, 1.82) is 0 Å². The standard InChI is InChI=1S/C7H14S4/c1-3-5-7(10,11)6(8,9)4-2/h4,8-11H,2-3,5H2,1H3. The van der Waals surface area contributed by atoms with E-state index in [1.807, 2.05) is 0 Å². The predicted molar refractivity (Wildman–Crippen MR) is 66.5 cm³/mol. The van der Waals surface area contributed by atoms with Gasteiger partial charge in [-0.05, 0) is 6.42 Å². The van der Waals surface area contributed by atoms with Gasteiger partial charge in [-0.2, -0.15) is 50.5 Å². The minimum atomic E-state index is -0.630. The lowest BCUT2D eigenvalue weighted by Crippen LogP contribution is -2.34. The van der Waals surface area contributed by atoms with Crippen LogP contribution in [0.4, 0.5) is 0 Å². The molecule has 0 amide bonds. The first kappa shape index (κ1) is 12.1. The van der Waals surface area contributed by atoms with Crippen molar-refractivity contribution in [3.8, 4) is 0 Å². The Morgan fingerprint density at radius 1 is 1.27 bits per heavy atom. The molecule has 11 heavy (non-hydrogen) atoms. The molecule has 0 aliphatic carbocycles. The van der Waals surface area contributed by atoms with Crippen LogP contribution in [0.5, 0.6) is 0 Å². The highest BCUT2D eigenvalue weighted by molar-refractivity contribution is 8.08. The molecule has 0 aliphatic rings. The summed E-state index contributed by atoms with van der Waals surface area (Å²) in [6, 6.07) is 0. The maximum Gasteiger partial charge on any atom is 0.0965 e. The smallest absolute Gasteiger partial charge is 0.0965 e. The van der Waals surface area contributed by atoms with Gasteiger partial charge in [0.2, 0.25) is 0 Å². The summed E-state index contributed by atoms with van der Waals surface area (Å²) in [7, 11) is 0. The van der Waals surface area contributed by atoms with E-state index in [1.165, 1.54) is 0 Å². The molecule has 0 aliphatic heterocycles. The normalized spacial score (nSPS) is 13.2. The van der Waals surface area contributed by atoms with Gasteiger partial charge in [-0.1, -0.05) is 19.4 Å². The molecule has 4 heteroatoms. The second-order valence-corrected chi connectivity index (χ2v) is 6.14. The number of thiol groups is 4. The summed E-state index contributed by atoms with van der Waals surface area (Å²) in [4.78, 5) is 0. The maximum absolute atomic E-state index is 4.37. The lowest BCUT2D eigenvalue weighted by molar-refractivity contribution is 0.703. The lowest BCUT2D eigenvalue weighted by atomic mass is 10.1. The van der Waals surface area contributed by atoms with Crippen molar-refractivity contribution in [2.75, 3.05) is 0 Å². The molecule has 0 heterocycles. The molecule has 0 unspecified atom stereocenters. The molecule has 0 atom stereocenters. The molecule has 0 nitrogen and oxygen atoms in total. The van der Waals surface area contributed by atoms with E-state index in [2.05, 4.69) is 64.0 Å². The van der Waals surface area contributed by atoms with E-state index in [0.717, 1.165) is 12.8 Å². The summed E-state index contributed by atoms with van der Waals surface area (Å²) >= 11 is 17.3. The molecule has 66 valence electrons. The van der Waals surface area contributed by atoms with Gasteiger partial charge in [0.25, 0.3) is 0 Å². The molecular formula is C7H14S4. The van der Waals surface area contributed by atoms with E-state index in [1.54, 1.807) is 6.08 Å². The molecule has 0 aromatic carbocycles. The van der Waals surface area contributed by atoms with E-state index < -0.39 is 8.16 Å². The van der Waals surface area contributed by atoms with Crippen LogP contribution in [-0.2, 0) is 0 Å². The van der Waals surface area contributed by atoms with Gasteiger partial charge in [-0.25, -0.2) is 0 Å². The van der Waals surface area contributed by atoms with Crippen molar-refractivity contribution in [1.82, 2.24) is 0 Å². The summed E-state index contributed by atoms with van der Waals surface area (Å²) in [5.41, 5.74) is 0. The zero-order valence-electron chi connectivity index (χ0n) is 6.49. The van der Waals surface area contributed by atoms with Crippen LogP contribution < -0.4 is 0 Å². The van der Waals surface area contributed by atoms with Gasteiger partial charge in [0.1, 0.15) is 0 Å². The van der Waals surface area contributed by atoms with Crippen LogP contribution in [0, 0.1) is 0 Å². The van der Waals surface area contributed by atoms with Crippen LogP contribution in [0.3, 0.4) is 0 Å². The highest BCUT2D eigenvalue weighted by Crippen LogP contribution is 2.44. The average Bonchev–Trinajstić information content (AvgIpc) is 1.87. The van der Waals surface area contributed by atoms with Crippen LogP contribution in [0.1, 0.15) is 19.8 Å². The van der Waals surface area contributed by atoms with Crippen molar-refractivity contribution in [3.05, 3.63) is 12.7 Å². The molecule has 0 saturated carbocycles. The van der Waals surface area contributed by atoms with Gasteiger partial charge in [0, 0.05) is 0 Å². The molecule has 0 radical (unpaired) electrons. The first-order valence-corrected chi connectivity index (χ1v) is 5.19. The minimum absolute atomic E-state index is 0.504. The Balaban J connectivity index is 4.38. The predicted octanol–water partition coefficient (Wildman–Crippen LogP) is 3.08. The van der Waals surface area contributed by atoms with Gasteiger partial charge >= 0.3 is 0 Å². The lowest BCUT2D eigenvalue weighted by Gasteiger charge is -2.35. The Hall–Kier alpha value is 1.14. The molecule has 0 rings (SSSR count). The fourth-order valence-electron chi connectivity index (χ4n) is 0.696. The summed E-state index contributed by atoms with van der Waals surface area (Å²) < 4.78 is -1.13. The van der Waals surface area contributed by atoms with E-state index >= 15 is 0 Å². The van der Waals surface area contributed by atoms with E-state index in [4.69, 9.17) is 0 Å². The Morgan fingerprint density at radius 2 is 1.73 bits per heavy atom. The van der Waals surface area contributed by atoms with Crippen LogP contribution in [0.2, 0.25) is 0 Å². The van der Waals surface area contributed by atoms with Crippen molar-refractivity contribution in [2.45, 2.75) is 27.9 Å². The molecular weight excluding hydrogens is 212 g/mol. The van der Waals surface area contributed by atoms with Crippen LogP contribution in [0.25, 0.3) is 0 Å².